The lowest BCUT2D eigenvalue weighted by atomic mass is 9.98. The molecule has 0 saturated heterocycles. The molecule has 0 aliphatic carbocycles. The summed E-state index contributed by atoms with van der Waals surface area (Å²) < 4.78 is 40.2. The van der Waals surface area contributed by atoms with E-state index in [1.807, 2.05) is 35.3 Å². The number of halogens is 1. The molecule has 0 radical (unpaired) electrons. The van der Waals surface area contributed by atoms with Gasteiger partial charge in [0.05, 0.1) is 35.0 Å². The van der Waals surface area contributed by atoms with Crippen LogP contribution in [0.5, 0.6) is 0 Å². The Labute approximate surface area is 179 Å². The zero-order chi connectivity index (χ0) is 22.0. The second kappa shape index (κ2) is 8.31. The summed E-state index contributed by atoms with van der Waals surface area (Å²) in [4.78, 5) is 11.3. The highest BCUT2D eigenvalue weighted by Gasteiger charge is 2.30. The zero-order valence-electron chi connectivity index (χ0n) is 16.6. The van der Waals surface area contributed by atoms with Crippen LogP contribution in [0.1, 0.15) is 33.9 Å². The van der Waals surface area contributed by atoms with Crippen molar-refractivity contribution < 1.29 is 21.8 Å². The Morgan fingerprint density at radius 2 is 1.65 bits per heavy atom. The lowest BCUT2D eigenvalue weighted by Crippen LogP contribution is -2.18. The molecule has 8 heteroatoms. The number of hydrogen-bond donors (Lipinski definition) is 0. The monoisotopic (exact) mass is 438 g/mol. The molecule has 1 aliphatic rings. The number of nitrogens with zero attached hydrogens (tertiary/aromatic N) is 2. The summed E-state index contributed by atoms with van der Waals surface area (Å²) in [5.41, 5.74) is 3.74. The van der Waals surface area contributed by atoms with Gasteiger partial charge in [-0.1, -0.05) is 42.5 Å². The molecule has 0 spiro atoms. The first kappa shape index (κ1) is 20.7. The maximum Gasteiger partial charge on any atom is 0.337 e. The van der Waals surface area contributed by atoms with Crippen molar-refractivity contribution in [2.45, 2.75) is 17.4 Å². The van der Waals surface area contributed by atoms with Crippen LogP contribution in [0.15, 0.2) is 88.9 Å². The Balaban J connectivity index is 1.70. The van der Waals surface area contributed by atoms with E-state index in [-0.39, 0.29) is 10.9 Å². The Bertz CT molecular complexity index is 1220. The number of benzene rings is 3. The van der Waals surface area contributed by atoms with Crippen molar-refractivity contribution in [3.05, 3.63) is 95.6 Å². The molecule has 3 aromatic carbocycles. The van der Waals surface area contributed by atoms with Gasteiger partial charge in [-0.15, -0.1) is 3.89 Å². The van der Waals surface area contributed by atoms with Crippen LogP contribution in [-0.2, 0) is 15.0 Å². The predicted octanol–water partition coefficient (Wildman–Crippen LogP) is 4.49. The molecule has 158 valence electrons. The minimum atomic E-state index is -4.75. The molecule has 0 aromatic heterocycles. The summed E-state index contributed by atoms with van der Waals surface area (Å²) in [5, 5.41) is 6.63. The molecule has 1 heterocycles. The molecule has 3 aromatic rings. The van der Waals surface area contributed by atoms with E-state index in [9.17, 15) is 17.1 Å². The van der Waals surface area contributed by atoms with Crippen molar-refractivity contribution in [2.24, 2.45) is 5.10 Å². The van der Waals surface area contributed by atoms with E-state index in [2.05, 4.69) is 0 Å². The topological polar surface area (TPSA) is 76.0 Å². The molecule has 0 unspecified atom stereocenters. The van der Waals surface area contributed by atoms with E-state index in [4.69, 9.17) is 9.84 Å². The van der Waals surface area contributed by atoms with Gasteiger partial charge in [-0.3, -0.25) is 5.01 Å². The number of carbonyl (C=O) groups is 1. The van der Waals surface area contributed by atoms with E-state index >= 15 is 0 Å². The molecule has 0 fully saturated rings. The molecular weight excluding hydrogens is 419 g/mol. The van der Waals surface area contributed by atoms with Crippen molar-refractivity contribution >= 4 is 27.6 Å². The van der Waals surface area contributed by atoms with E-state index < -0.39 is 16.2 Å². The first-order valence-corrected chi connectivity index (χ1v) is 10.9. The van der Waals surface area contributed by atoms with Crippen LogP contribution in [0, 0.1) is 0 Å². The first-order chi connectivity index (χ1) is 14.9. The van der Waals surface area contributed by atoms with Crippen LogP contribution in [-0.4, -0.2) is 27.2 Å². The van der Waals surface area contributed by atoms with Crippen molar-refractivity contribution in [1.29, 1.82) is 0 Å². The van der Waals surface area contributed by atoms with Gasteiger partial charge in [0.2, 0.25) is 0 Å². The fraction of sp³-hybridized carbons (Fsp3) is 0.130. The van der Waals surface area contributed by atoms with Gasteiger partial charge in [0.15, 0.2) is 0 Å². The van der Waals surface area contributed by atoms with Crippen molar-refractivity contribution in [3.8, 4) is 0 Å². The maximum atomic E-state index is 13.2. The molecule has 4 rings (SSSR count). The Kier molecular flexibility index (Phi) is 5.56. The average Bonchev–Trinajstić information content (AvgIpc) is 3.24. The molecule has 1 aliphatic heterocycles. The number of methoxy groups -OCH3 is 1. The van der Waals surface area contributed by atoms with Crippen LogP contribution < -0.4 is 5.01 Å². The smallest absolute Gasteiger partial charge is 0.337 e. The highest BCUT2D eigenvalue weighted by Crippen LogP contribution is 2.36. The van der Waals surface area contributed by atoms with Crippen LogP contribution in [0.4, 0.5) is 9.57 Å². The Morgan fingerprint density at radius 1 is 1.00 bits per heavy atom. The van der Waals surface area contributed by atoms with E-state index in [1.165, 1.54) is 19.2 Å². The third-order valence-corrected chi connectivity index (χ3v) is 5.95. The standard InChI is InChI=1S/C23H19FN2O4S/c1-30-23(27)18-7-11-19(12-8-18)26-22(17-5-3-2-4-6-17)15-21(25-26)16-9-13-20(14-10-16)31(24,28)29/h2-14,22H,15H2,1H3/t22-/m1/s1. The number of ether oxygens (including phenoxy) is 1. The lowest BCUT2D eigenvalue weighted by Gasteiger charge is -2.24. The zero-order valence-corrected chi connectivity index (χ0v) is 17.4. The first-order valence-electron chi connectivity index (χ1n) is 9.52. The van der Waals surface area contributed by atoms with E-state index in [1.54, 1.807) is 36.4 Å². The third kappa shape index (κ3) is 4.34. The fourth-order valence-electron chi connectivity index (χ4n) is 3.54. The van der Waals surface area contributed by atoms with Gasteiger partial charge in [-0.2, -0.15) is 13.5 Å². The third-order valence-electron chi connectivity index (χ3n) is 5.12. The molecule has 0 N–H and O–H groups in total. The molecule has 0 bridgehead atoms. The summed E-state index contributed by atoms with van der Waals surface area (Å²) in [6, 6.07) is 22.3. The summed E-state index contributed by atoms with van der Waals surface area (Å²) in [6.07, 6.45) is 0.574. The minimum absolute atomic E-state index is 0.0928. The number of rotatable bonds is 5. The predicted molar refractivity (Wildman–Crippen MR) is 115 cm³/mol. The van der Waals surface area contributed by atoms with Crippen LogP contribution in [0.3, 0.4) is 0 Å². The average molecular weight is 438 g/mol. The molecule has 0 amide bonds. The number of esters is 1. The van der Waals surface area contributed by atoms with E-state index in [0.29, 0.717) is 17.5 Å². The van der Waals surface area contributed by atoms with Crippen molar-refractivity contribution in [2.75, 3.05) is 12.1 Å². The van der Waals surface area contributed by atoms with Gasteiger partial charge in [-0.05, 0) is 47.5 Å². The number of hydrogen-bond acceptors (Lipinski definition) is 6. The molecule has 6 nitrogen and oxygen atoms in total. The Hall–Kier alpha value is -3.52. The van der Waals surface area contributed by atoms with Gasteiger partial charge >= 0.3 is 16.2 Å². The number of carbonyl (C=O) groups excluding carboxylic acids is 1. The van der Waals surface area contributed by atoms with E-state index in [0.717, 1.165) is 17.0 Å². The van der Waals surface area contributed by atoms with Crippen LogP contribution in [0.25, 0.3) is 0 Å². The second-order valence-electron chi connectivity index (χ2n) is 7.02. The highest BCUT2D eigenvalue weighted by molar-refractivity contribution is 7.86. The summed E-state index contributed by atoms with van der Waals surface area (Å²) in [7, 11) is -3.42. The fourth-order valence-corrected chi connectivity index (χ4v) is 4.00. The van der Waals surface area contributed by atoms with Crippen molar-refractivity contribution in [3.63, 3.8) is 0 Å². The van der Waals surface area contributed by atoms with Gasteiger partial charge in [-0.25, -0.2) is 4.79 Å². The molecule has 1 atom stereocenters. The Morgan fingerprint density at radius 3 is 2.23 bits per heavy atom. The second-order valence-corrected chi connectivity index (χ2v) is 8.37. The largest absolute Gasteiger partial charge is 0.465 e. The normalized spacial score (nSPS) is 16.1. The quantitative estimate of drug-likeness (QED) is 0.433. The lowest BCUT2D eigenvalue weighted by molar-refractivity contribution is 0.0600. The maximum absolute atomic E-state index is 13.2. The minimum Gasteiger partial charge on any atom is -0.465 e. The van der Waals surface area contributed by atoms with Gasteiger partial charge in [0, 0.05) is 6.42 Å². The molecule has 31 heavy (non-hydrogen) atoms. The summed E-state index contributed by atoms with van der Waals surface area (Å²) in [6.45, 7) is 0. The molecule has 0 saturated carbocycles. The number of hydrazone groups is 1. The van der Waals surface area contributed by atoms with Gasteiger partial charge in [0.25, 0.3) is 0 Å². The summed E-state index contributed by atoms with van der Waals surface area (Å²) in [5.74, 6) is -0.417. The van der Waals surface area contributed by atoms with Crippen molar-refractivity contribution in [1.82, 2.24) is 0 Å². The van der Waals surface area contributed by atoms with Crippen LogP contribution >= 0.6 is 0 Å². The van der Waals surface area contributed by atoms with Crippen LogP contribution in [0.2, 0.25) is 0 Å². The highest BCUT2D eigenvalue weighted by atomic mass is 32.3. The van der Waals surface area contributed by atoms with Gasteiger partial charge < -0.3 is 4.74 Å². The SMILES string of the molecule is COC(=O)c1ccc(N2N=C(c3ccc(S(=O)(=O)F)cc3)C[C@@H]2c2ccccc2)cc1. The summed E-state index contributed by atoms with van der Waals surface area (Å²) >= 11 is 0. The number of anilines is 1. The molecular formula is C23H19FN2O4S. The van der Waals surface area contributed by atoms with Gasteiger partial charge in [0.1, 0.15) is 0 Å².